The van der Waals surface area contributed by atoms with Crippen LogP contribution in [0.2, 0.25) is 0 Å². The second-order valence-corrected chi connectivity index (χ2v) is 7.86. The molecule has 0 amide bonds. The highest BCUT2D eigenvalue weighted by Gasteiger charge is 2.49. The van der Waals surface area contributed by atoms with Gasteiger partial charge in [0.1, 0.15) is 5.54 Å². The van der Waals surface area contributed by atoms with Crippen molar-refractivity contribution in [1.82, 2.24) is 10.2 Å². The number of rotatable bonds is 5. The monoisotopic (exact) mass is 282 g/mol. The number of hydrogen-bond acceptors (Lipinski definition) is 4. The van der Waals surface area contributed by atoms with Crippen LogP contribution in [0.5, 0.6) is 0 Å². The Bertz CT molecular complexity index is 360. The van der Waals surface area contributed by atoms with Crippen molar-refractivity contribution in [1.29, 1.82) is 0 Å². The quantitative estimate of drug-likeness (QED) is 0.785. The topological polar surface area (TPSA) is 41.6 Å². The van der Waals surface area contributed by atoms with Crippen LogP contribution in [0.15, 0.2) is 0 Å². The molecule has 1 N–H and O–H groups in total. The molecule has 2 rings (SSSR count). The molecule has 2 atom stereocenters. The summed E-state index contributed by atoms with van der Waals surface area (Å²) in [5.74, 6) is -0.0731. The van der Waals surface area contributed by atoms with Gasteiger partial charge in [0, 0.05) is 18.6 Å². The standard InChI is InChI=1S/C16H30N2O2/c1-15(2,3)11-18(4)13-8-9-16(10-13,14(19)20-5)17-12-6-7-12/h12-13,17H,6-11H2,1-5H3. The summed E-state index contributed by atoms with van der Waals surface area (Å²) in [5, 5.41) is 3.56. The molecule has 2 saturated carbocycles. The minimum absolute atomic E-state index is 0.0731. The number of carbonyl (C=O) groups is 1. The van der Waals surface area contributed by atoms with Gasteiger partial charge in [-0.05, 0) is 44.6 Å². The maximum Gasteiger partial charge on any atom is 0.326 e. The predicted molar refractivity (Wildman–Crippen MR) is 80.6 cm³/mol. The largest absolute Gasteiger partial charge is 0.468 e. The van der Waals surface area contributed by atoms with E-state index in [1.165, 1.54) is 20.0 Å². The summed E-state index contributed by atoms with van der Waals surface area (Å²) in [5.41, 5.74) is -0.151. The van der Waals surface area contributed by atoms with Gasteiger partial charge >= 0.3 is 5.97 Å². The maximum absolute atomic E-state index is 12.2. The van der Waals surface area contributed by atoms with Crippen LogP contribution in [0.3, 0.4) is 0 Å². The van der Waals surface area contributed by atoms with Crippen molar-refractivity contribution in [3.63, 3.8) is 0 Å². The highest BCUT2D eigenvalue weighted by molar-refractivity contribution is 5.81. The molecule has 0 spiro atoms. The summed E-state index contributed by atoms with van der Waals surface area (Å²) in [6, 6.07) is 1.00. The van der Waals surface area contributed by atoms with E-state index in [4.69, 9.17) is 4.74 Å². The molecule has 2 aliphatic rings. The normalized spacial score (nSPS) is 30.8. The molecule has 4 heteroatoms. The molecule has 0 aliphatic heterocycles. The van der Waals surface area contributed by atoms with E-state index in [0.29, 0.717) is 12.1 Å². The third kappa shape index (κ3) is 3.73. The van der Waals surface area contributed by atoms with E-state index in [2.05, 4.69) is 38.0 Å². The van der Waals surface area contributed by atoms with Crippen molar-refractivity contribution >= 4 is 5.97 Å². The molecule has 2 fully saturated rings. The van der Waals surface area contributed by atoms with Gasteiger partial charge in [-0.25, -0.2) is 0 Å². The Morgan fingerprint density at radius 1 is 1.35 bits per heavy atom. The van der Waals surface area contributed by atoms with Crippen LogP contribution in [0.25, 0.3) is 0 Å². The number of ether oxygens (including phenoxy) is 1. The zero-order chi connectivity index (χ0) is 15.0. The molecule has 0 heterocycles. The van der Waals surface area contributed by atoms with E-state index in [1.807, 2.05) is 0 Å². The Hall–Kier alpha value is -0.610. The third-order valence-corrected chi connectivity index (χ3v) is 4.47. The Morgan fingerprint density at radius 3 is 2.50 bits per heavy atom. The highest BCUT2D eigenvalue weighted by Crippen LogP contribution is 2.37. The minimum atomic E-state index is -0.438. The first-order chi connectivity index (χ1) is 9.26. The SMILES string of the molecule is COC(=O)C1(NC2CC2)CCC(N(C)CC(C)(C)C)C1. The second kappa shape index (κ2) is 5.64. The molecule has 0 aromatic rings. The molecule has 0 saturated heterocycles. The average molecular weight is 282 g/mol. The van der Waals surface area contributed by atoms with Crippen LogP contribution >= 0.6 is 0 Å². The summed E-state index contributed by atoms with van der Waals surface area (Å²) in [4.78, 5) is 14.7. The lowest BCUT2D eigenvalue weighted by Crippen LogP contribution is -2.53. The van der Waals surface area contributed by atoms with Gasteiger partial charge in [-0.3, -0.25) is 10.1 Å². The molecule has 0 aromatic heterocycles. The van der Waals surface area contributed by atoms with Gasteiger partial charge in [0.25, 0.3) is 0 Å². The first-order valence-electron chi connectivity index (χ1n) is 7.82. The summed E-state index contributed by atoms with van der Waals surface area (Å²) in [6.45, 7) is 7.83. The van der Waals surface area contributed by atoms with Crippen molar-refractivity contribution in [2.45, 2.75) is 70.5 Å². The van der Waals surface area contributed by atoms with Gasteiger partial charge in [0.15, 0.2) is 0 Å². The summed E-state index contributed by atoms with van der Waals surface area (Å²) < 4.78 is 5.08. The first-order valence-corrected chi connectivity index (χ1v) is 7.82. The number of hydrogen-bond donors (Lipinski definition) is 1. The van der Waals surface area contributed by atoms with Crippen molar-refractivity contribution in [2.24, 2.45) is 5.41 Å². The van der Waals surface area contributed by atoms with E-state index < -0.39 is 5.54 Å². The zero-order valence-electron chi connectivity index (χ0n) is 13.7. The van der Waals surface area contributed by atoms with Crippen molar-refractivity contribution in [3.05, 3.63) is 0 Å². The number of nitrogens with zero attached hydrogens (tertiary/aromatic N) is 1. The van der Waals surface area contributed by atoms with Crippen molar-refractivity contribution in [2.75, 3.05) is 20.7 Å². The third-order valence-electron chi connectivity index (χ3n) is 4.47. The molecule has 0 bridgehead atoms. The Kier molecular flexibility index (Phi) is 4.45. The first kappa shape index (κ1) is 15.8. The van der Waals surface area contributed by atoms with Crippen LogP contribution in [-0.2, 0) is 9.53 Å². The Balaban J connectivity index is 2.01. The molecule has 116 valence electrons. The van der Waals surface area contributed by atoms with Gasteiger partial charge in [0.05, 0.1) is 7.11 Å². The van der Waals surface area contributed by atoms with Crippen LogP contribution in [0, 0.1) is 5.41 Å². The summed E-state index contributed by atoms with van der Waals surface area (Å²) >= 11 is 0. The highest BCUT2D eigenvalue weighted by atomic mass is 16.5. The molecule has 0 aromatic carbocycles. The van der Waals surface area contributed by atoms with Gasteiger partial charge in [-0.15, -0.1) is 0 Å². The average Bonchev–Trinajstić information content (AvgIpc) is 3.03. The van der Waals surface area contributed by atoms with Crippen molar-refractivity contribution in [3.8, 4) is 0 Å². The molecule has 20 heavy (non-hydrogen) atoms. The lowest BCUT2D eigenvalue weighted by Gasteiger charge is -2.33. The number of esters is 1. The van der Waals surface area contributed by atoms with E-state index in [1.54, 1.807) is 0 Å². The van der Waals surface area contributed by atoms with E-state index >= 15 is 0 Å². The summed E-state index contributed by atoms with van der Waals surface area (Å²) in [7, 11) is 3.69. The fraction of sp³-hybridized carbons (Fsp3) is 0.938. The van der Waals surface area contributed by atoms with Crippen LogP contribution in [-0.4, -0.2) is 49.2 Å². The molecule has 2 aliphatic carbocycles. The molecule has 0 radical (unpaired) electrons. The summed E-state index contributed by atoms with van der Waals surface area (Å²) in [6.07, 6.45) is 5.24. The van der Waals surface area contributed by atoms with Crippen molar-refractivity contribution < 1.29 is 9.53 Å². The van der Waals surface area contributed by atoms with Crippen LogP contribution in [0.4, 0.5) is 0 Å². The zero-order valence-corrected chi connectivity index (χ0v) is 13.7. The lowest BCUT2D eigenvalue weighted by atomic mass is 9.94. The smallest absolute Gasteiger partial charge is 0.326 e. The van der Waals surface area contributed by atoms with E-state index in [9.17, 15) is 4.79 Å². The van der Waals surface area contributed by atoms with E-state index in [0.717, 1.165) is 25.8 Å². The lowest BCUT2D eigenvalue weighted by molar-refractivity contribution is -0.148. The predicted octanol–water partition coefficient (Wildman–Crippen LogP) is 2.18. The number of carbonyl (C=O) groups excluding carboxylic acids is 1. The number of nitrogens with one attached hydrogen (secondary N) is 1. The Morgan fingerprint density at radius 2 is 2.00 bits per heavy atom. The van der Waals surface area contributed by atoms with E-state index in [-0.39, 0.29) is 11.4 Å². The van der Waals surface area contributed by atoms with Crippen LogP contribution in [0.1, 0.15) is 52.9 Å². The molecule has 4 nitrogen and oxygen atoms in total. The van der Waals surface area contributed by atoms with Gasteiger partial charge in [-0.2, -0.15) is 0 Å². The Labute approximate surface area is 123 Å². The van der Waals surface area contributed by atoms with Gasteiger partial charge in [-0.1, -0.05) is 20.8 Å². The van der Waals surface area contributed by atoms with Gasteiger partial charge < -0.3 is 9.64 Å². The second-order valence-electron chi connectivity index (χ2n) is 7.86. The fourth-order valence-corrected chi connectivity index (χ4v) is 3.46. The van der Waals surface area contributed by atoms with Crippen LogP contribution < -0.4 is 5.32 Å². The molecular weight excluding hydrogens is 252 g/mol. The minimum Gasteiger partial charge on any atom is -0.468 e. The molecule has 2 unspecified atom stereocenters. The van der Waals surface area contributed by atoms with Gasteiger partial charge in [0.2, 0.25) is 0 Å². The molecular formula is C16H30N2O2. The number of methoxy groups -OCH3 is 1. The maximum atomic E-state index is 12.2. The fourth-order valence-electron chi connectivity index (χ4n) is 3.46.